The van der Waals surface area contributed by atoms with Crippen LogP contribution in [0, 0.1) is 5.82 Å². The lowest BCUT2D eigenvalue weighted by Crippen LogP contribution is -2.48. The van der Waals surface area contributed by atoms with E-state index in [4.69, 9.17) is 4.84 Å². The van der Waals surface area contributed by atoms with Gasteiger partial charge in [0.15, 0.2) is 5.75 Å². The number of carbonyl (C=O) groups is 1. The predicted octanol–water partition coefficient (Wildman–Crippen LogP) is 4.13. The van der Waals surface area contributed by atoms with Crippen LogP contribution < -0.4 is 10.3 Å². The van der Waals surface area contributed by atoms with E-state index in [0.29, 0.717) is 30.9 Å². The van der Waals surface area contributed by atoms with E-state index < -0.39 is 0 Å². The van der Waals surface area contributed by atoms with E-state index in [1.54, 1.807) is 24.5 Å². The second-order valence-electron chi connectivity index (χ2n) is 8.19. The Hall–Kier alpha value is -4.04. The van der Waals surface area contributed by atoms with Crippen LogP contribution in [0.3, 0.4) is 0 Å². The molecule has 0 bridgehead atoms. The zero-order chi connectivity index (χ0) is 23.3. The van der Waals surface area contributed by atoms with Gasteiger partial charge in [0, 0.05) is 56.1 Å². The molecule has 34 heavy (non-hydrogen) atoms. The van der Waals surface area contributed by atoms with Gasteiger partial charge in [0.25, 0.3) is 5.91 Å². The Labute approximate surface area is 196 Å². The lowest BCUT2D eigenvalue weighted by Gasteiger charge is -2.34. The Morgan fingerprint density at radius 3 is 2.59 bits per heavy atom. The van der Waals surface area contributed by atoms with Gasteiger partial charge in [-0.3, -0.25) is 19.7 Å². The number of aromatic nitrogens is 2. The Morgan fingerprint density at radius 1 is 1.00 bits per heavy atom. The highest BCUT2D eigenvalue weighted by Crippen LogP contribution is 2.23. The average molecular weight is 458 g/mol. The number of nitrogens with one attached hydrogen (secondary N) is 1. The molecule has 7 nitrogen and oxygen atoms in total. The molecule has 4 aromatic rings. The van der Waals surface area contributed by atoms with Crippen molar-refractivity contribution < 1.29 is 14.0 Å². The van der Waals surface area contributed by atoms with Gasteiger partial charge in [-0.1, -0.05) is 18.2 Å². The maximum absolute atomic E-state index is 13.4. The van der Waals surface area contributed by atoms with Crippen molar-refractivity contribution in [2.24, 2.45) is 0 Å². The second kappa shape index (κ2) is 9.84. The van der Waals surface area contributed by atoms with Gasteiger partial charge >= 0.3 is 0 Å². The average Bonchev–Trinajstić information content (AvgIpc) is 2.88. The van der Waals surface area contributed by atoms with Gasteiger partial charge in [-0.15, -0.1) is 0 Å². The zero-order valence-corrected chi connectivity index (χ0v) is 18.5. The number of benzene rings is 2. The number of hydrogen-bond acceptors (Lipinski definition) is 6. The van der Waals surface area contributed by atoms with E-state index in [1.165, 1.54) is 12.3 Å². The molecule has 1 N–H and O–H groups in total. The van der Waals surface area contributed by atoms with Gasteiger partial charge in [0.2, 0.25) is 0 Å². The van der Waals surface area contributed by atoms with Crippen molar-refractivity contribution in [1.82, 2.24) is 19.8 Å². The third-order valence-corrected chi connectivity index (χ3v) is 5.83. The van der Waals surface area contributed by atoms with Gasteiger partial charge in [-0.25, -0.2) is 9.87 Å². The third kappa shape index (κ3) is 4.97. The smallest absolute Gasteiger partial charge is 0.253 e. The first-order chi connectivity index (χ1) is 16.7. The zero-order valence-electron chi connectivity index (χ0n) is 18.5. The van der Waals surface area contributed by atoms with Crippen molar-refractivity contribution in [1.29, 1.82) is 0 Å². The van der Waals surface area contributed by atoms with Gasteiger partial charge in [0.1, 0.15) is 11.3 Å². The van der Waals surface area contributed by atoms with E-state index in [-0.39, 0.29) is 11.7 Å². The number of carbonyl (C=O) groups excluding carboxylic acids is 1. The number of halogens is 1. The minimum Gasteiger partial charge on any atom is -0.380 e. The summed E-state index contributed by atoms with van der Waals surface area (Å²) in [6.07, 6.45) is 4.61. The summed E-state index contributed by atoms with van der Waals surface area (Å²) in [5, 5.41) is 0.996. The summed E-state index contributed by atoms with van der Waals surface area (Å²) in [6, 6.07) is 18.3. The number of rotatable bonds is 6. The fourth-order valence-electron chi connectivity index (χ4n) is 4.05. The standard InChI is InChI=1S/C26H24FN5O2/c27-22-15-19(16-28-17-22)18-31-11-13-32(14-12-31)26(33)21-6-8-23(9-7-21)30-34-24-5-1-3-20-4-2-10-29-25(20)24/h1-10,15-17,30H,11-14,18H2. The largest absolute Gasteiger partial charge is 0.380 e. The van der Waals surface area contributed by atoms with Crippen molar-refractivity contribution in [2.45, 2.75) is 6.54 Å². The molecule has 1 amide bonds. The van der Waals surface area contributed by atoms with Crippen LogP contribution in [0.1, 0.15) is 15.9 Å². The maximum atomic E-state index is 13.4. The summed E-state index contributed by atoms with van der Waals surface area (Å²) in [5.41, 5.74) is 5.90. The first-order valence-electron chi connectivity index (χ1n) is 11.1. The van der Waals surface area contributed by atoms with Crippen LogP contribution in [0.4, 0.5) is 10.1 Å². The molecule has 0 saturated carbocycles. The monoisotopic (exact) mass is 457 g/mol. The topological polar surface area (TPSA) is 70.6 Å². The van der Waals surface area contributed by atoms with Crippen LogP contribution in [0.25, 0.3) is 10.9 Å². The number of fused-ring (bicyclic) bond motifs is 1. The van der Waals surface area contributed by atoms with Gasteiger partial charge in [-0.05, 0) is 48.0 Å². The van der Waals surface area contributed by atoms with Crippen molar-refractivity contribution in [2.75, 3.05) is 31.7 Å². The Balaban J connectivity index is 1.15. The van der Waals surface area contributed by atoms with E-state index in [9.17, 15) is 9.18 Å². The first kappa shape index (κ1) is 21.8. The molecular formula is C26H24FN5O2. The lowest BCUT2D eigenvalue weighted by atomic mass is 10.1. The molecule has 1 aliphatic heterocycles. The van der Waals surface area contributed by atoms with Gasteiger partial charge in [0.05, 0.1) is 11.9 Å². The molecular weight excluding hydrogens is 433 g/mol. The highest BCUT2D eigenvalue weighted by molar-refractivity contribution is 5.94. The minimum absolute atomic E-state index is 0.00204. The van der Waals surface area contributed by atoms with Gasteiger partial charge in [-0.2, -0.15) is 0 Å². The van der Waals surface area contributed by atoms with Crippen LogP contribution in [0.2, 0.25) is 0 Å². The normalized spacial score (nSPS) is 14.2. The molecule has 5 rings (SSSR count). The lowest BCUT2D eigenvalue weighted by molar-refractivity contribution is 0.0628. The van der Waals surface area contributed by atoms with Crippen LogP contribution in [-0.2, 0) is 6.54 Å². The van der Waals surface area contributed by atoms with Crippen LogP contribution in [0.15, 0.2) is 79.3 Å². The van der Waals surface area contributed by atoms with E-state index >= 15 is 0 Å². The Kier molecular flexibility index (Phi) is 6.31. The molecule has 1 saturated heterocycles. The molecule has 1 aliphatic rings. The van der Waals surface area contributed by atoms with E-state index in [2.05, 4.69) is 20.3 Å². The Morgan fingerprint density at radius 2 is 1.79 bits per heavy atom. The van der Waals surface area contributed by atoms with Crippen molar-refractivity contribution in [3.05, 3.63) is 96.2 Å². The van der Waals surface area contributed by atoms with Crippen LogP contribution in [-0.4, -0.2) is 51.9 Å². The summed E-state index contributed by atoms with van der Waals surface area (Å²) < 4.78 is 13.4. The fourth-order valence-corrected chi connectivity index (χ4v) is 4.05. The maximum Gasteiger partial charge on any atom is 0.253 e. The molecule has 0 aliphatic carbocycles. The summed E-state index contributed by atoms with van der Waals surface area (Å²) in [6.45, 7) is 3.33. The number of piperazine rings is 1. The predicted molar refractivity (Wildman–Crippen MR) is 128 cm³/mol. The van der Waals surface area contributed by atoms with Crippen molar-refractivity contribution in [3.63, 3.8) is 0 Å². The SMILES string of the molecule is O=C(c1ccc(NOc2cccc3cccnc23)cc1)N1CCN(Cc2cncc(F)c2)CC1. The number of para-hydroxylation sites is 1. The number of hydrogen-bond donors (Lipinski definition) is 1. The summed E-state index contributed by atoms with van der Waals surface area (Å²) in [4.78, 5) is 31.0. The van der Waals surface area contributed by atoms with Gasteiger partial charge < -0.3 is 9.74 Å². The Bertz CT molecular complexity index is 1280. The molecule has 1 fully saturated rings. The van der Waals surface area contributed by atoms with Crippen LogP contribution >= 0.6 is 0 Å². The molecule has 172 valence electrons. The van der Waals surface area contributed by atoms with Crippen LogP contribution in [0.5, 0.6) is 5.75 Å². The molecule has 0 radical (unpaired) electrons. The molecule has 3 heterocycles. The quantitative estimate of drug-likeness (QED) is 0.439. The number of pyridine rings is 2. The fraction of sp³-hybridized carbons (Fsp3) is 0.192. The summed E-state index contributed by atoms with van der Waals surface area (Å²) in [5.74, 6) is 0.298. The molecule has 0 spiro atoms. The summed E-state index contributed by atoms with van der Waals surface area (Å²) in [7, 11) is 0. The van der Waals surface area contributed by atoms with Crippen molar-refractivity contribution >= 4 is 22.5 Å². The van der Waals surface area contributed by atoms with E-state index in [0.717, 1.165) is 35.2 Å². The molecule has 8 heteroatoms. The molecule has 0 unspecified atom stereocenters. The van der Waals surface area contributed by atoms with Crippen molar-refractivity contribution in [3.8, 4) is 5.75 Å². The number of nitrogens with zero attached hydrogens (tertiary/aromatic N) is 4. The minimum atomic E-state index is -0.330. The van der Waals surface area contributed by atoms with E-state index in [1.807, 2.05) is 47.4 Å². The molecule has 2 aromatic carbocycles. The molecule has 2 aromatic heterocycles. The molecule has 0 atom stereocenters. The third-order valence-electron chi connectivity index (χ3n) is 5.83. The number of amides is 1. The highest BCUT2D eigenvalue weighted by atomic mass is 19.1. The second-order valence-corrected chi connectivity index (χ2v) is 8.19. The first-order valence-corrected chi connectivity index (χ1v) is 11.1. The highest BCUT2D eigenvalue weighted by Gasteiger charge is 2.22. The number of anilines is 1. The summed E-state index contributed by atoms with van der Waals surface area (Å²) >= 11 is 0.